The van der Waals surface area contributed by atoms with Crippen molar-refractivity contribution in [1.29, 1.82) is 0 Å². The third kappa shape index (κ3) is 5.10. The van der Waals surface area contributed by atoms with Crippen LogP contribution in [0.1, 0.15) is 29.9 Å². The number of likely N-dealkylation sites (tertiary alicyclic amines) is 1. The van der Waals surface area contributed by atoms with Crippen LogP contribution in [0.15, 0.2) is 42.5 Å². The van der Waals surface area contributed by atoms with Gasteiger partial charge in [0, 0.05) is 31.3 Å². The van der Waals surface area contributed by atoms with Gasteiger partial charge in [-0.25, -0.2) is 9.18 Å². The average Bonchev–Trinajstić information content (AvgIpc) is 2.63. The highest BCUT2D eigenvalue weighted by Crippen LogP contribution is 2.35. The Morgan fingerprint density at radius 2 is 1.81 bits per heavy atom. The number of phenolic OH excluding ortho intramolecular Hbond substituents is 2. The molecule has 1 heterocycles. The minimum Gasteiger partial charge on any atom is -0.508 e. The van der Waals surface area contributed by atoms with E-state index in [0.717, 1.165) is 5.56 Å². The number of nitrogens with two attached hydrogens (primary N) is 1. The van der Waals surface area contributed by atoms with Crippen molar-refractivity contribution in [3.05, 3.63) is 59.4 Å². The topological polar surface area (TPSA) is 107 Å². The minimum atomic E-state index is -0.890. The molecular weight excluding hydrogens is 339 g/mol. The fraction of sp³-hybridized carbons (Fsp3) is 0.316. The lowest BCUT2D eigenvalue weighted by Gasteiger charge is -2.30. The van der Waals surface area contributed by atoms with E-state index in [1.807, 2.05) is 0 Å². The molecule has 0 aliphatic carbocycles. The van der Waals surface area contributed by atoms with E-state index in [1.165, 1.54) is 17.0 Å². The third-order valence-electron chi connectivity index (χ3n) is 4.40. The number of benzene rings is 2. The van der Waals surface area contributed by atoms with Gasteiger partial charge in [-0.2, -0.15) is 0 Å². The van der Waals surface area contributed by atoms with E-state index < -0.39 is 6.09 Å². The van der Waals surface area contributed by atoms with Crippen molar-refractivity contribution in [3.63, 3.8) is 0 Å². The van der Waals surface area contributed by atoms with Gasteiger partial charge in [0.05, 0.1) is 0 Å². The molecule has 0 atom stereocenters. The van der Waals surface area contributed by atoms with Crippen LogP contribution in [-0.2, 0) is 6.54 Å². The maximum Gasteiger partial charge on any atom is 0.407 e. The number of hydrogen-bond acceptors (Lipinski definition) is 4. The Balaban J connectivity index is 0.000000228. The second kappa shape index (κ2) is 9.05. The first-order chi connectivity index (χ1) is 12.4. The number of phenols is 2. The van der Waals surface area contributed by atoms with E-state index in [-0.39, 0.29) is 29.8 Å². The number of rotatable bonds is 2. The number of piperidine rings is 1. The molecule has 5 N–H and O–H groups in total. The van der Waals surface area contributed by atoms with Crippen LogP contribution in [0.3, 0.4) is 0 Å². The van der Waals surface area contributed by atoms with Gasteiger partial charge in [-0.05, 0) is 36.5 Å². The summed E-state index contributed by atoms with van der Waals surface area (Å²) in [5.74, 6) is 0.0548. The van der Waals surface area contributed by atoms with Gasteiger partial charge in [0.25, 0.3) is 0 Å². The molecule has 1 aliphatic heterocycles. The fourth-order valence-electron chi connectivity index (χ4n) is 2.92. The SMILES string of the molecule is NCc1ccccc1F.O=C(O)N1CCC(c2ccc(O)cc2O)CC1. The molecule has 140 valence electrons. The molecule has 1 amide bonds. The van der Waals surface area contributed by atoms with Crippen LogP contribution < -0.4 is 5.73 Å². The lowest BCUT2D eigenvalue weighted by atomic mass is 9.89. The van der Waals surface area contributed by atoms with Gasteiger partial charge in [-0.15, -0.1) is 0 Å². The highest BCUT2D eigenvalue weighted by molar-refractivity contribution is 5.65. The Kier molecular flexibility index (Phi) is 6.80. The molecule has 0 radical (unpaired) electrons. The zero-order valence-corrected chi connectivity index (χ0v) is 14.3. The first kappa shape index (κ1) is 19.5. The summed E-state index contributed by atoms with van der Waals surface area (Å²) in [4.78, 5) is 12.1. The van der Waals surface area contributed by atoms with E-state index in [1.54, 1.807) is 30.3 Å². The van der Waals surface area contributed by atoms with E-state index in [2.05, 4.69) is 0 Å². The van der Waals surface area contributed by atoms with E-state index >= 15 is 0 Å². The molecule has 0 aromatic heterocycles. The molecule has 0 unspecified atom stereocenters. The zero-order valence-electron chi connectivity index (χ0n) is 14.3. The maximum absolute atomic E-state index is 12.5. The highest BCUT2D eigenvalue weighted by atomic mass is 19.1. The van der Waals surface area contributed by atoms with Crippen molar-refractivity contribution in [1.82, 2.24) is 4.90 Å². The minimum absolute atomic E-state index is 0.0363. The van der Waals surface area contributed by atoms with E-state index in [9.17, 15) is 19.4 Å². The van der Waals surface area contributed by atoms with E-state index in [0.29, 0.717) is 31.5 Å². The highest BCUT2D eigenvalue weighted by Gasteiger charge is 2.24. The van der Waals surface area contributed by atoms with Crippen molar-refractivity contribution >= 4 is 6.09 Å². The monoisotopic (exact) mass is 362 g/mol. The van der Waals surface area contributed by atoms with Crippen molar-refractivity contribution in [2.24, 2.45) is 5.73 Å². The molecule has 1 aliphatic rings. The normalized spacial score (nSPS) is 14.5. The molecule has 0 spiro atoms. The quantitative estimate of drug-likeness (QED) is 0.656. The number of amides is 1. The largest absolute Gasteiger partial charge is 0.508 e. The van der Waals surface area contributed by atoms with Crippen LogP contribution in [0.5, 0.6) is 11.5 Å². The number of hydrogen-bond donors (Lipinski definition) is 4. The van der Waals surface area contributed by atoms with Crippen LogP contribution in [0.2, 0.25) is 0 Å². The third-order valence-corrected chi connectivity index (χ3v) is 4.40. The van der Waals surface area contributed by atoms with Gasteiger partial charge in [0.2, 0.25) is 0 Å². The Morgan fingerprint density at radius 3 is 2.31 bits per heavy atom. The van der Waals surface area contributed by atoms with Crippen LogP contribution in [0.4, 0.5) is 9.18 Å². The molecule has 2 aromatic carbocycles. The van der Waals surface area contributed by atoms with Crippen molar-refractivity contribution in [3.8, 4) is 11.5 Å². The Hall–Kier alpha value is -2.80. The second-order valence-electron chi connectivity index (χ2n) is 6.08. The molecule has 3 rings (SSSR count). The standard InChI is InChI=1S/C12H15NO4.C7H8FN/c14-9-1-2-10(11(15)7-9)8-3-5-13(6-4-8)12(16)17;8-7-4-2-1-3-6(7)5-9/h1-2,7-8,14-15H,3-6H2,(H,16,17);1-4H,5,9H2. The summed E-state index contributed by atoms with van der Waals surface area (Å²) in [6.45, 7) is 1.24. The summed E-state index contributed by atoms with van der Waals surface area (Å²) in [5, 5.41) is 27.8. The average molecular weight is 362 g/mol. The molecule has 7 heteroatoms. The summed E-state index contributed by atoms with van der Waals surface area (Å²) in [5.41, 5.74) is 6.56. The zero-order chi connectivity index (χ0) is 19.1. The Labute approximate surface area is 151 Å². The summed E-state index contributed by atoms with van der Waals surface area (Å²) in [6, 6.07) is 11.1. The fourth-order valence-corrected chi connectivity index (χ4v) is 2.92. The van der Waals surface area contributed by atoms with Crippen LogP contribution >= 0.6 is 0 Å². The van der Waals surface area contributed by atoms with Gasteiger partial charge in [0.15, 0.2) is 0 Å². The van der Waals surface area contributed by atoms with Gasteiger partial charge in [-0.3, -0.25) is 0 Å². The first-order valence-electron chi connectivity index (χ1n) is 8.35. The number of nitrogens with zero attached hydrogens (tertiary/aromatic N) is 1. The lowest BCUT2D eigenvalue weighted by Crippen LogP contribution is -2.36. The second-order valence-corrected chi connectivity index (χ2v) is 6.08. The predicted molar refractivity (Wildman–Crippen MR) is 95.6 cm³/mol. The van der Waals surface area contributed by atoms with Crippen LogP contribution in [-0.4, -0.2) is 39.4 Å². The number of halogens is 1. The summed E-state index contributed by atoms with van der Waals surface area (Å²) >= 11 is 0. The number of carboxylic acid groups (broad SMARTS) is 1. The van der Waals surface area contributed by atoms with Gasteiger partial charge < -0.3 is 26.0 Å². The molecule has 2 aromatic rings. The molecule has 6 nitrogen and oxygen atoms in total. The van der Waals surface area contributed by atoms with Gasteiger partial charge >= 0.3 is 6.09 Å². The molecular formula is C19H23FN2O4. The molecule has 1 fully saturated rings. The van der Waals surface area contributed by atoms with Crippen LogP contribution in [0.25, 0.3) is 0 Å². The van der Waals surface area contributed by atoms with Crippen molar-refractivity contribution < 1.29 is 24.5 Å². The molecule has 0 bridgehead atoms. The lowest BCUT2D eigenvalue weighted by molar-refractivity contribution is 0.132. The van der Waals surface area contributed by atoms with Crippen LogP contribution in [0, 0.1) is 5.82 Å². The summed E-state index contributed by atoms with van der Waals surface area (Å²) in [7, 11) is 0. The Morgan fingerprint density at radius 1 is 1.15 bits per heavy atom. The van der Waals surface area contributed by atoms with Gasteiger partial charge in [-0.1, -0.05) is 24.3 Å². The summed E-state index contributed by atoms with van der Waals surface area (Å²) in [6.07, 6.45) is 0.508. The molecule has 26 heavy (non-hydrogen) atoms. The van der Waals surface area contributed by atoms with Crippen molar-refractivity contribution in [2.75, 3.05) is 13.1 Å². The summed E-state index contributed by atoms with van der Waals surface area (Å²) < 4.78 is 12.5. The first-order valence-corrected chi connectivity index (χ1v) is 8.35. The van der Waals surface area contributed by atoms with Gasteiger partial charge in [0.1, 0.15) is 17.3 Å². The maximum atomic E-state index is 12.5. The van der Waals surface area contributed by atoms with Crippen molar-refractivity contribution in [2.45, 2.75) is 25.3 Å². The van der Waals surface area contributed by atoms with E-state index in [4.69, 9.17) is 10.8 Å². The predicted octanol–water partition coefficient (Wildman–Crippen LogP) is 3.24. The molecule has 0 saturated carbocycles. The smallest absolute Gasteiger partial charge is 0.407 e. The molecule has 1 saturated heterocycles. The number of aromatic hydroxyl groups is 2. The Bertz CT molecular complexity index is 746. The number of carbonyl (C=O) groups is 1.